The molecule has 0 aliphatic heterocycles. The van der Waals surface area contributed by atoms with Crippen molar-refractivity contribution in [3.8, 4) is 0 Å². The number of hydrogen-bond acceptors (Lipinski definition) is 2. The van der Waals surface area contributed by atoms with Gasteiger partial charge in [-0.05, 0) is 43.2 Å². The van der Waals surface area contributed by atoms with Crippen LogP contribution in [0.3, 0.4) is 0 Å². The summed E-state index contributed by atoms with van der Waals surface area (Å²) in [5.41, 5.74) is 2.64. The highest BCUT2D eigenvalue weighted by molar-refractivity contribution is 6.35. The van der Waals surface area contributed by atoms with Crippen LogP contribution >= 0.6 is 23.2 Å². The summed E-state index contributed by atoms with van der Waals surface area (Å²) in [5.74, 6) is -0.171. The Balaban J connectivity index is 2.07. The van der Waals surface area contributed by atoms with E-state index in [1.54, 1.807) is 25.1 Å². The number of para-hydroxylation sites is 1. The summed E-state index contributed by atoms with van der Waals surface area (Å²) in [7, 11) is 0. The first-order valence-corrected chi connectivity index (χ1v) is 7.87. The van der Waals surface area contributed by atoms with E-state index in [9.17, 15) is 4.79 Å². The van der Waals surface area contributed by atoms with Gasteiger partial charge in [0.25, 0.3) is 0 Å². The van der Waals surface area contributed by atoms with Gasteiger partial charge in [0.1, 0.15) is 6.04 Å². The highest BCUT2D eigenvalue weighted by atomic mass is 35.5. The average molecular weight is 337 g/mol. The molecule has 0 spiro atoms. The first-order chi connectivity index (χ1) is 10.5. The van der Waals surface area contributed by atoms with Crippen molar-refractivity contribution in [2.45, 2.75) is 26.3 Å². The van der Waals surface area contributed by atoms with Gasteiger partial charge in [0.15, 0.2) is 0 Å². The Morgan fingerprint density at radius 1 is 1.14 bits per heavy atom. The number of rotatable bonds is 5. The third-order valence-electron chi connectivity index (χ3n) is 3.35. The Morgan fingerprint density at radius 3 is 2.59 bits per heavy atom. The van der Waals surface area contributed by atoms with Crippen molar-refractivity contribution in [2.24, 2.45) is 0 Å². The Bertz CT molecular complexity index is 673. The molecule has 3 nitrogen and oxygen atoms in total. The number of anilines is 2. The summed E-state index contributed by atoms with van der Waals surface area (Å²) >= 11 is 12.0. The molecule has 5 heteroatoms. The lowest BCUT2D eigenvalue weighted by Crippen LogP contribution is -2.32. The molecule has 0 heterocycles. The summed E-state index contributed by atoms with van der Waals surface area (Å²) in [4.78, 5) is 12.3. The largest absolute Gasteiger partial charge is 0.374 e. The van der Waals surface area contributed by atoms with Gasteiger partial charge in [-0.25, -0.2) is 0 Å². The van der Waals surface area contributed by atoms with E-state index in [1.807, 2.05) is 24.3 Å². The van der Waals surface area contributed by atoms with Crippen molar-refractivity contribution in [3.63, 3.8) is 0 Å². The fraction of sp³-hybridized carbons (Fsp3) is 0.235. The predicted molar refractivity (Wildman–Crippen MR) is 94.0 cm³/mol. The quantitative estimate of drug-likeness (QED) is 0.806. The molecular weight excluding hydrogens is 319 g/mol. The van der Waals surface area contributed by atoms with Crippen LogP contribution in [0, 0.1) is 0 Å². The average Bonchev–Trinajstić information content (AvgIpc) is 2.51. The van der Waals surface area contributed by atoms with Crippen LogP contribution in [0.5, 0.6) is 0 Å². The van der Waals surface area contributed by atoms with Crippen molar-refractivity contribution in [2.75, 3.05) is 10.6 Å². The van der Waals surface area contributed by atoms with Gasteiger partial charge in [-0.2, -0.15) is 0 Å². The highest BCUT2D eigenvalue weighted by Crippen LogP contribution is 2.25. The zero-order valence-corrected chi connectivity index (χ0v) is 14.0. The first-order valence-electron chi connectivity index (χ1n) is 7.11. The Labute approximate surface area is 140 Å². The summed E-state index contributed by atoms with van der Waals surface area (Å²) in [6.45, 7) is 3.89. The van der Waals surface area contributed by atoms with Crippen molar-refractivity contribution in [3.05, 3.63) is 58.1 Å². The van der Waals surface area contributed by atoms with Gasteiger partial charge >= 0.3 is 0 Å². The molecule has 0 aliphatic rings. The van der Waals surface area contributed by atoms with Gasteiger partial charge in [0, 0.05) is 10.7 Å². The summed E-state index contributed by atoms with van der Waals surface area (Å²) in [6, 6.07) is 12.5. The molecule has 116 valence electrons. The van der Waals surface area contributed by atoms with Crippen LogP contribution in [0.1, 0.15) is 19.4 Å². The maximum atomic E-state index is 12.3. The fourth-order valence-electron chi connectivity index (χ4n) is 2.10. The topological polar surface area (TPSA) is 41.1 Å². The molecule has 0 saturated carbocycles. The van der Waals surface area contributed by atoms with Crippen LogP contribution in [0.4, 0.5) is 11.4 Å². The predicted octanol–water partition coefficient (Wildman–Crippen LogP) is 4.99. The molecule has 0 radical (unpaired) electrons. The molecule has 2 aromatic rings. The van der Waals surface area contributed by atoms with Crippen LogP contribution in [-0.2, 0) is 11.2 Å². The third-order valence-corrected chi connectivity index (χ3v) is 3.91. The second kappa shape index (κ2) is 7.52. The molecule has 2 aromatic carbocycles. The molecule has 2 N–H and O–H groups in total. The van der Waals surface area contributed by atoms with Crippen LogP contribution in [0.25, 0.3) is 0 Å². The molecule has 0 saturated heterocycles. The highest BCUT2D eigenvalue weighted by Gasteiger charge is 2.15. The van der Waals surface area contributed by atoms with Gasteiger partial charge in [0.05, 0.1) is 10.7 Å². The number of aryl methyl sites for hydroxylation is 1. The zero-order chi connectivity index (χ0) is 16.1. The minimum absolute atomic E-state index is 0.171. The zero-order valence-electron chi connectivity index (χ0n) is 12.5. The van der Waals surface area contributed by atoms with E-state index >= 15 is 0 Å². The molecule has 1 atom stereocenters. The maximum Gasteiger partial charge on any atom is 0.246 e. The Hall–Kier alpha value is -1.71. The summed E-state index contributed by atoms with van der Waals surface area (Å²) in [6.07, 6.45) is 0.900. The maximum absolute atomic E-state index is 12.3. The van der Waals surface area contributed by atoms with Gasteiger partial charge in [-0.1, -0.05) is 48.3 Å². The number of carbonyl (C=O) groups is 1. The standard InChI is InChI=1S/C17H18Cl2N2O/c1-3-12-6-4-5-7-15(12)20-11(2)17(22)21-16-10-13(18)8-9-14(16)19/h4-11,20H,3H2,1-2H3,(H,21,22)/t11-/m0/s1. The van der Waals surface area contributed by atoms with E-state index < -0.39 is 6.04 Å². The molecule has 1 amide bonds. The molecule has 22 heavy (non-hydrogen) atoms. The molecular formula is C17H18Cl2N2O. The first kappa shape index (κ1) is 16.7. The van der Waals surface area contributed by atoms with Gasteiger partial charge in [0.2, 0.25) is 5.91 Å². The number of benzene rings is 2. The number of amides is 1. The van der Waals surface area contributed by atoms with Crippen LogP contribution in [0.15, 0.2) is 42.5 Å². The van der Waals surface area contributed by atoms with Crippen LogP contribution < -0.4 is 10.6 Å². The second-order valence-electron chi connectivity index (χ2n) is 4.99. The number of halogens is 2. The van der Waals surface area contributed by atoms with E-state index in [4.69, 9.17) is 23.2 Å². The molecule has 0 fully saturated rings. The summed E-state index contributed by atoms with van der Waals surface area (Å²) in [5, 5.41) is 7.00. The van der Waals surface area contributed by atoms with Crippen LogP contribution in [0.2, 0.25) is 10.0 Å². The number of nitrogens with one attached hydrogen (secondary N) is 2. The Kier molecular flexibility index (Phi) is 5.69. The minimum atomic E-state index is -0.400. The van der Waals surface area contributed by atoms with E-state index in [0.717, 1.165) is 12.1 Å². The monoisotopic (exact) mass is 336 g/mol. The van der Waals surface area contributed by atoms with Gasteiger partial charge < -0.3 is 10.6 Å². The minimum Gasteiger partial charge on any atom is -0.374 e. The molecule has 0 aliphatic carbocycles. The molecule has 0 aromatic heterocycles. The van der Waals surface area contributed by atoms with E-state index in [0.29, 0.717) is 15.7 Å². The lowest BCUT2D eigenvalue weighted by Gasteiger charge is -2.18. The van der Waals surface area contributed by atoms with Gasteiger partial charge in [-0.15, -0.1) is 0 Å². The fourth-order valence-corrected chi connectivity index (χ4v) is 2.44. The van der Waals surface area contributed by atoms with Crippen molar-refractivity contribution in [1.82, 2.24) is 0 Å². The van der Waals surface area contributed by atoms with Crippen LogP contribution in [-0.4, -0.2) is 11.9 Å². The number of hydrogen-bond donors (Lipinski definition) is 2. The van der Waals surface area contributed by atoms with Crippen molar-refractivity contribution in [1.29, 1.82) is 0 Å². The smallest absolute Gasteiger partial charge is 0.246 e. The third kappa shape index (κ3) is 4.15. The lowest BCUT2D eigenvalue weighted by atomic mass is 10.1. The van der Waals surface area contributed by atoms with E-state index in [-0.39, 0.29) is 5.91 Å². The molecule has 0 bridgehead atoms. The van der Waals surface area contributed by atoms with Crippen molar-refractivity contribution >= 4 is 40.5 Å². The Morgan fingerprint density at radius 2 is 1.86 bits per heavy atom. The van der Waals surface area contributed by atoms with E-state index in [1.165, 1.54) is 5.56 Å². The normalized spacial score (nSPS) is 11.8. The lowest BCUT2D eigenvalue weighted by molar-refractivity contribution is -0.116. The summed E-state index contributed by atoms with van der Waals surface area (Å²) < 4.78 is 0. The second-order valence-corrected chi connectivity index (χ2v) is 5.83. The van der Waals surface area contributed by atoms with Gasteiger partial charge in [-0.3, -0.25) is 4.79 Å². The molecule has 0 unspecified atom stereocenters. The van der Waals surface area contributed by atoms with Crippen molar-refractivity contribution < 1.29 is 4.79 Å². The molecule has 2 rings (SSSR count). The SMILES string of the molecule is CCc1ccccc1N[C@@H](C)C(=O)Nc1cc(Cl)ccc1Cl. The van der Waals surface area contributed by atoms with E-state index in [2.05, 4.69) is 17.6 Å². The number of carbonyl (C=O) groups excluding carboxylic acids is 1.